The van der Waals surface area contributed by atoms with Crippen LogP contribution in [0.15, 0.2) is 0 Å². The number of rotatable bonds is 8. The summed E-state index contributed by atoms with van der Waals surface area (Å²) in [7, 11) is -3.25. The van der Waals surface area contributed by atoms with E-state index in [1.165, 1.54) is 13.3 Å². The second kappa shape index (κ2) is 8.89. The van der Waals surface area contributed by atoms with Gasteiger partial charge in [-0.05, 0) is 25.7 Å². The number of Topliss-reactive ketones (excluding diaryl/α,β-unsaturated/α-hetero) is 1. The molecule has 0 spiro atoms. The summed E-state index contributed by atoms with van der Waals surface area (Å²) in [6.07, 6.45) is 4.33. The van der Waals surface area contributed by atoms with Gasteiger partial charge < -0.3 is 16.2 Å². The van der Waals surface area contributed by atoms with Gasteiger partial charge in [-0.15, -0.1) is 0 Å². The van der Waals surface area contributed by atoms with Crippen LogP contribution in [0.2, 0.25) is 0 Å². The molecule has 1 saturated carbocycles. The first kappa shape index (κ1) is 19.5. The van der Waals surface area contributed by atoms with Crippen molar-refractivity contribution in [1.82, 2.24) is 5.32 Å². The molecule has 1 rings (SSSR count). The Hall–Kier alpha value is -0.590. The van der Waals surface area contributed by atoms with Gasteiger partial charge in [0, 0.05) is 0 Å². The van der Waals surface area contributed by atoms with Crippen LogP contribution in [0.25, 0.3) is 0 Å². The van der Waals surface area contributed by atoms with Crippen LogP contribution in [0.3, 0.4) is 0 Å². The van der Waals surface area contributed by atoms with Gasteiger partial charge in [-0.3, -0.25) is 9.59 Å². The van der Waals surface area contributed by atoms with Crippen molar-refractivity contribution >= 4 is 19.4 Å². The van der Waals surface area contributed by atoms with E-state index in [1.54, 1.807) is 0 Å². The average Bonchev–Trinajstić information content (AvgIpc) is 2.43. The molecule has 0 radical (unpaired) electrons. The highest BCUT2D eigenvalue weighted by atomic mass is 31.2. The summed E-state index contributed by atoms with van der Waals surface area (Å²) < 4.78 is 0. The Labute approximate surface area is 131 Å². The first-order chi connectivity index (χ1) is 10.2. The van der Waals surface area contributed by atoms with E-state index in [1.807, 2.05) is 0 Å². The lowest BCUT2D eigenvalue weighted by Gasteiger charge is -2.23. The number of aliphatic hydroxyl groups excluding tert-OH is 1. The van der Waals surface area contributed by atoms with Crippen LogP contribution < -0.4 is 11.1 Å². The highest BCUT2D eigenvalue weighted by molar-refractivity contribution is 7.65. The van der Waals surface area contributed by atoms with Crippen LogP contribution in [0, 0.1) is 5.92 Å². The van der Waals surface area contributed by atoms with Gasteiger partial charge >= 0.3 is 0 Å². The highest BCUT2D eigenvalue weighted by Gasteiger charge is 2.39. The number of amides is 1. The zero-order chi connectivity index (χ0) is 16.8. The van der Waals surface area contributed by atoms with E-state index < -0.39 is 31.6 Å². The summed E-state index contributed by atoms with van der Waals surface area (Å²) >= 11 is 0. The Bertz CT molecular complexity index is 383. The van der Waals surface area contributed by atoms with Gasteiger partial charge in [-0.1, -0.05) is 19.3 Å². The van der Waals surface area contributed by atoms with E-state index in [0.717, 1.165) is 25.7 Å². The quantitative estimate of drug-likeness (QED) is 0.390. The minimum Gasteiger partial charge on any atom is -0.391 e. The molecule has 1 unspecified atom stereocenters. The second-order valence-corrected chi connectivity index (χ2v) is 8.69. The van der Waals surface area contributed by atoms with E-state index in [-0.39, 0.29) is 18.6 Å². The van der Waals surface area contributed by atoms with E-state index in [2.05, 4.69) is 5.32 Å². The molecule has 8 heteroatoms. The molecule has 7 nitrogen and oxygen atoms in total. The molecule has 0 aromatic carbocycles. The molecule has 6 N–H and O–H groups in total. The van der Waals surface area contributed by atoms with Gasteiger partial charge in [0.15, 0.2) is 11.9 Å². The number of aliphatic hydroxyl groups is 1. The number of hydrogen-bond donors (Lipinski definition) is 5. The van der Waals surface area contributed by atoms with Crippen molar-refractivity contribution in [3.8, 4) is 0 Å². The molecular formula is C14H28N2O5P+. The van der Waals surface area contributed by atoms with Gasteiger partial charge in [0.2, 0.25) is 5.91 Å². The summed E-state index contributed by atoms with van der Waals surface area (Å²) in [5.41, 5.74) is 5.43. The molecule has 22 heavy (non-hydrogen) atoms. The van der Waals surface area contributed by atoms with Crippen molar-refractivity contribution in [2.24, 2.45) is 11.7 Å². The minimum absolute atomic E-state index is 0.281. The van der Waals surface area contributed by atoms with E-state index in [9.17, 15) is 24.5 Å². The molecule has 1 fully saturated rings. The van der Waals surface area contributed by atoms with Crippen LogP contribution in [0.1, 0.15) is 39.0 Å². The first-order valence-corrected chi connectivity index (χ1v) is 9.83. The second-order valence-electron chi connectivity index (χ2n) is 6.25. The van der Waals surface area contributed by atoms with Gasteiger partial charge in [-0.2, -0.15) is 0 Å². The van der Waals surface area contributed by atoms with Gasteiger partial charge in [0.05, 0.1) is 12.6 Å². The van der Waals surface area contributed by atoms with E-state index in [0.29, 0.717) is 6.16 Å². The zero-order valence-electron chi connectivity index (χ0n) is 13.1. The maximum atomic E-state index is 11.8. The van der Waals surface area contributed by atoms with Gasteiger partial charge in [0.1, 0.15) is 12.2 Å². The molecule has 128 valence electrons. The molecule has 0 saturated heterocycles. The van der Waals surface area contributed by atoms with Crippen molar-refractivity contribution in [3.63, 3.8) is 0 Å². The van der Waals surface area contributed by atoms with Crippen molar-refractivity contribution in [1.29, 1.82) is 0 Å². The number of ketones is 1. The lowest BCUT2D eigenvalue weighted by molar-refractivity contribution is -0.127. The molecule has 1 aliphatic rings. The summed E-state index contributed by atoms with van der Waals surface area (Å²) in [6.45, 7) is 1.08. The zero-order valence-corrected chi connectivity index (χ0v) is 14.0. The van der Waals surface area contributed by atoms with Gasteiger partial charge in [-0.25, -0.2) is 9.79 Å². The summed E-state index contributed by atoms with van der Waals surface area (Å²) in [5.74, 6) is -0.779. The predicted molar refractivity (Wildman–Crippen MR) is 85.3 cm³/mol. The Kier molecular flexibility index (Phi) is 7.86. The van der Waals surface area contributed by atoms with Crippen molar-refractivity contribution in [2.45, 2.75) is 51.2 Å². The minimum atomic E-state index is -3.25. The van der Waals surface area contributed by atoms with E-state index in [4.69, 9.17) is 5.73 Å². The molecular weight excluding hydrogens is 307 g/mol. The molecule has 0 aromatic rings. The third-order valence-electron chi connectivity index (χ3n) is 3.99. The van der Waals surface area contributed by atoms with Crippen molar-refractivity contribution in [2.75, 3.05) is 18.9 Å². The van der Waals surface area contributed by atoms with Crippen LogP contribution in [0.5, 0.6) is 0 Å². The lowest BCUT2D eigenvalue weighted by Crippen LogP contribution is -2.48. The van der Waals surface area contributed by atoms with Crippen molar-refractivity contribution < 1.29 is 24.5 Å². The average molecular weight is 335 g/mol. The molecule has 0 aliphatic heterocycles. The van der Waals surface area contributed by atoms with Crippen LogP contribution >= 0.6 is 7.72 Å². The topological polar surface area (TPSA) is 133 Å². The third kappa shape index (κ3) is 7.11. The molecule has 0 aromatic heterocycles. The Morgan fingerprint density at radius 1 is 1.27 bits per heavy atom. The fraction of sp³-hybridized carbons (Fsp3) is 0.857. The maximum absolute atomic E-state index is 11.8. The SMILES string of the molecule is CC(O)[C@H](N)C(=O)NCC(=O)C[P+](O)(O)CC1CCCCC1. The number of carbonyl (C=O) groups excluding carboxylic acids is 2. The van der Waals surface area contributed by atoms with Crippen LogP contribution in [-0.2, 0) is 9.59 Å². The standard InChI is InChI=1S/C14H27N2O5P/c1-10(17)13(15)14(19)16-7-12(18)9-22(20,21)8-11-5-3-2-4-6-11/h10-11,13,17,20-21H,2-9,15H2,1H3/p+1/t10?,13-/m0/s1. The molecule has 0 heterocycles. The van der Waals surface area contributed by atoms with E-state index >= 15 is 0 Å². The van der Waals surface area contributed by atoms with Crippen molar-refractivity contribution in [3.05, 3.63) is 0 Å². The monoisotopic (exact) mass is 335 g/mol. The van der Waals surface area contributed by atoms with Crippen LogP contribution in [0.4, 0.5) is 0 Å². The molecule has 2 atom stereocenters. The number of carbonyl (C=O) groups is 2. The molecule has 1 aliphatic carbocycles. The summed E-state index contributed by atoms with van der Waals surface area (Å²) in [6, 6.07) is -1.10. The number of nitrogens with one attached hydrogen (secondary N) is 1. The first-order valence-electron chi connectivity index (χ1n) is 7.77. The smallest absolute Gasteiger partial charge is 0.275 e. The maximum Gasteiger partial charge on any atom is 0.275 e. The molecule has 1 amide bonds. The van der Waals surface area contributed by atoms with Gasteiger partial charge in [0.25, 0.3) is 7.72 Å². The Morgan fingerprint density at radius 3 is 2.41 bits per heavy atom. The van der Waals surface area contributed by atoms with Crippen LogP contribution in [-0.4, -0.2) is 57.6 Å². The number of hydrogen-bond acceptors (Lipinski definition) is 6. The highest BCUT2D eigenvalue weighted by Crippen LogP contribution is 2.52. The number of nitrogens with two attached hydrogens (primary N) is 1. The Morgan fingerprint density at radius 2 is 1.86 bits per heavy atom. The fourth-order valence-corrected chi connectivity index (χ4v) is 4.71. The predicted octanol–water partition coefficient (Wildman–Crippen LogP) is -0.208. The Balaban J connectivity index is 2.34. The normalized spacial score (nSPS) is 19.5. The fourth-order valence-electron chi connectivity index (χ4n) is 2.71. The third-order valence-corrected chi connectivity index (χ3v) is 5.95. The summed E-state index contributed by atoms with van der Waals surface area (Å²) in [5, 5.41) is 11.5. The largest absolute Gasteiger partial charge is 0.391 e. The summed E-state index contributed by atoms with van der Waals surface area (Å²) in [4.78, 5) is 43.4. The lowest BCUT2D eigenvalue weighted by atomic mass is 9.91. The molecule has 0 bridgehead atoms.